The van der Waals surface area contributed by atoms with Gasteiger partial charge >= 0.3 is 6.01 Å². The molecule has 3 aliphatic rings. The van der Waals surface area contributed by atoms with E-state index in [-0.39, 0.29) is 18.5 Å². The van der Waals surface area contributed by atoms with Crippen molar-refractivity contribution in [2.45, 2.75) is 31.8 Å². The molecular formula is C35H41ClFN7O3. The van der Waals surface area contributed by atoms with E-state index >= 15 is 0 Å². The molecule has 3 aromatic rings. The normalized spacial score (nSPS) is 18.6. The van der Waals surface area contributed by atoms with Gasteiger partial charge < -0.3 is 33.9 Å². The summed E-state index contributed by atoms with van der Waals surface area (Å²) in [7, 11) is 3.81. The molecule has 2 aromatic carbocycles. The first kappa shape index (κ1) is 32.9. The fourth-order valence-corrected chi connectivity index (χ4v) is 7.11. The Morgan fingerprint density at radius 1 is 1.19 bits per heavy atom. The zero-order valence-corrected chi connectivity index (χ0v) is 27.8. The number of anilines is 2. The monoisotopic (exact) mass is 661 g/mol. The van der Waals surface area contributed by atoms with Gasteiger partial charge in [-0.2, -0.15) is 9.97 Å². The van der Waals surface area contributed by atoms with E-state index in [1.165, 1.54) is 4.90 Å². The Kier molecular flexibility index (Phi) is 9.82. The number of piperazine rings is 1. The van der Waals surface area contributed by atoms with E-state index < -0.39 is 17.8 Å². The van der Waals surface area contributed by atoms with Crippen molar-refractivity contribution in [2.75, 3.05) is 83.0 Å². The Labute approximate surface area is 280 Å². The molecule has 1 amide bonds. The molecule has 10 nitrogen and oxygen atoms in total. The lowest BCUT2D eigenvalue weighted by molar-refractivity contribution is -0.131. The Bertz CT molecular complexity index is 1690. The number of hydrogen-bond acceptors (Lipinski definition) is 8. The predicted octanol–water partition coefficient (Wildman–Crippen LogP) is 5.00. The largest absolute Gasteiger partial charge is 0.463 e. The molecule has 0 N–H and O–H groups in total. The molecule has 47 heavy (non-hydrogen) atoms. The number of hydrogen-bond donors (Lipinski definition) is 0. The summed E-state index contributed by atoms with van der Waals surface area (Å²) < 4.78 is 25.5. The van der Waals surface area contributed by atoms with Crippen LogP contribution in [0, 0.1) is 12.0 Å². The van der Waals surface area contributed by atoms with Crippen LogP contribution in [0.2, 0.25) is 5.02 Å². The Morgan fingerprint density at radius 3 is 2.70 bits per heavy atom. The Balaban J connectivity index is 1.31. The highest BCUT2D eigenvalue weighted by Crippen LogP contribution is 2.46. The zero-order chi connectivity index (χ0) is 33.1. The molecule has 6 rings (SSSR count). The number of aromatic nitrogens is 2. The molecule has 1 aromatic heterocycles. The Hall–Kier alpha value is -3.98. The van der Waals surface area contributed by atoms with Crippen LogP contribution >= 0.6 is 11.6 Å². The fraction of sp³-hybridized carbons (Fsp3) is 0.486. The average Bonchev–Trinajstić information content (AvgIpc) is 3.84. The highest BCUT2D eigenvalue weighted by atomic mass is 35.5. The van der Waals surface area contributed by atoms with Gasteiger partial charge in [0.2, 0.25) is 6.54 Å². The lowest BCUT2D eigenvalue weighted by Gasteiger charge is -2.41. The molecular weight excluding hydrogens is 621 g/mol. The number of carbonyl (C=O) groups is 1. The van der Waals surface area contributed by atoms with Crippen molar-refractivity contribution in [1.82, 2.24) is 19.8 Å². The molecule has 248 valence electrons. The summed E-state index contributed by atoms with van der Waals surface area (Å²) in [5, 5.41) is 2.79. The van der Waals surface area contributed by atoms with Gasteiger partial charge in [0.05, 0.1) is 30.5 Å². The minimum absolute atomic E-state index is 0.0507. The van der Waals surface area contributed by atoms with Gasteiger partial charge in [-0.05, 0) is 43.8 Å². The molecule has 0 unspecified atom stereocenters. The van der Waals surface area contributed by atoms with Crippen LogP contribution in [0.15, 0.2) is 48.8 Å². The summed E-state index contributed by atoms with van der Waals surface area (Å²) in [6.45, 7) is 16.0. The number of fused-ring (bicyclic) bond motifs is 2. The first-order valence-electron chi connectivity index (χ1n) is 16.1. The number of benzene rings is 2. The average molecular weight is 662 g/mol. The van der Waals surface area contributed by atoms with Crippen LogP contribution in [-0.2, 0) is 22.5 Å². The summed E-state index contributed by atoms with van der Waals surface area (Å²) in [4.78, 5) is 34.2. The van der Waals surface area contributed by atoms with Crippen molar-refractivity contribution < 1.29 is 18.7 Å². The minimum Gasteiger partial charge on any atom is -0.463 e. The third-order valence-corrected chi connectivity index (χ3v) is 9.83. The zero-order valence-electron chi connectivity index (χ0n) is 27.1. The molecule has 0 bridgehead atoms. The van der Waals surface area contributed by atoms with Crippen LogP contribution in [0.4, 0.5) is 15.9 Å². The van der Waals surface area contributed by atoms with E-state index in [0.29, 0.717) is 50.3 Å². The number of halogens is 2. The van der Waals surface area contributed by atoms with Crippen LogP contribution in [-0.4, -0.2) is 105 Å². The molecule has 1 atom stereocenters. The fourth-order valence-electron chi connectivity index (χ4n) is 6.83. The van der Waals surface area contributed by atoms with Gasteiger partial charge in [0.25, 0.3) is 5.91 Å². The van der Waals surface area contributed by atoms with Crippen LogP contribution in [0.5, 0.6) is 6.01 Å². The third-order valence-electron chi connectivity index (χ3n) is 9.52. The van der Waals surface area contributed by atoms with Crippen molar-refractivity contribution >= 4 is 39.8 Å². The third kappa shape index (κ3) is 7.15. The second-order valence-electron chi connectivity index (χ2n) is 12.9. The van der Waals surface area contributed by atoms with Gasteiger partial charge in [0.1, 0.15) is 11.9 Å². The van der Waals surface area contributed by atoms with Crippen LogP contribution in [0.1, 0.15) is 24.1 Å². The van der Waals surface area contributed by atoms with Crippen LogP contribution in [0.25, 0.3) is 15.6 Å². The van der Waals surface area contributed by atoms with Crippen LogP contribution < -0.4 is 14.5 Å². The number of likely N-dealkylation sites (N-methyl/N-ethyl adjacent to an activating group) is 1. The topological polar surface area (TPSA) is 78.6 Å². The maximum Gasteiger partial charge on any atom is 0.318 e. The highest BCUT2D eigenvalue weighted by molar-refractivity contribution is 6.36. The van der Waals surface area contributed by atoms with E-state index in [4.69, 9.17) is 37.6 Å². The summed E-state index contributed by atoms with van der Waals surface area (Å²) in [6, 6.07) is 12.0. The quantitative estimate of drug-likeness (QED) is 0.198. The van der Waals surface area contributed by atoms with Crippen molar-refractivity contribution in [3.63, 3.8) is 0 Å². The highest BCUT2D eigenvalue weighted by Gasteiger charge is 2.45. The first-order valence-corrected chi connectivity index (χ1v) is 16.5. The van der Waals surface area contributed by atoms with Gasteiger partial charge in [-0.15, -0.1) is 0 Å². The number of methoxy groups -OCH3 is 1. The van der Waals surface area contributed by atoms with Gasteiger partial charge in [-0.1, -0.05) is 42.4 Å². The smallest absolute Gasteiger partial charge is 0.318 e. The second-order valence-corrected chi connectivity index (χ2v) is 13.3. The van der Waals surface area contributed by atoms with Gasteiger partial charge in [-0.25, -0.2) is 11.0 Å². The van der Waals surface area contributed by atoms with Gasteiger partial charge in [-0.3, -0.25) is 4.79 Å². The molecule has 0 radical (unpaired) electrons. The van der Waals surface area contributed by atoms with Gasteiger partial charge in [0.15, 0.2) is 5.83 Å². The van der Waals surface area contributed by atoms with E-state index in [1.54, 1.807) is 7.11 Å². The molecule has 12 heteroatoms. The van der Waals surface area contributed by atoms with Crippen molar-refractivity contribution in [2.24, 2.45) is 5.41 Å². The standard InChI is InChI=1S/C35H41ClFN7O3/c1-24(37)33(45)44-16-15-43(20-26(44)19-38-2)32-27-11-14-42(30-10-6-8-25-7-5-9-28(36)31(25)30)21-29(27)39-34(40-32)47-23-35(12-13-35)22-41(3)17-18-46-4/h5-10,26H,1,11-23H2,3-4H3/t26-/m0/s1. The van der Waals surface area contributed by atoms with Crippen molar-refractivity contribution in [3.05, 3.63) is 76.5 Å². The summed E-state index contributed by atoms with van der Waals surface area (Å²) in [5.41, 5.74) is 3.00. The summed E-state index contributed by atoms with van der Waals surface area (Å²) >= 11 is 6.71. The molecule has 3 heterocycles. The van der Waals surface area contributed by atoms with E-state index in [9.17, 15) is 9.18 Å². The first-order chi connectivity index (χ1) is 22.7. The summed E-state index contributed by atoms with van der Waals surface area (Å²) in [6.07, 6.45) is 2.84. The minimum atomic E-state index is -1.01. The number of amides is 1. The number of carbonyl (C=O) groups excluding carboxylic acids is 1. The SMILES string of the molecule is [C-]#[N+]C[C@H]1CN(c2nc(OCC3(CN(C)CCOC)CC3)nc3c2CCN(c2cccc4cccc(Cl)c24)C3)CCN1C(=O)C(=C)F. The maximum absolute atomic E-state index is 13.9. The second kappa shape index (κ2) is 14.0. The molecule has 1 saturated carbocycles. The lowest BCUT2D eigenvalue weighted by Crippen LogP contribution is -2.57. The number of nitrogens with zero attached hydrogens (tertiary/aromatic N) is 7. The molecule has 1 aliphatic carbocycles. The van der Waals surface area contributed by atoms with Crippen molar-refractivity contribution in [1.29, 1.82) is 0 Å². The number of rotatable bonds is 12. The summed E-state index contributed by atoms with van der Waals surface area (Å²) in [5.74, 6) is -1.02. The van der Waals surface area contributed by atoms with Crippen LogP contribution in [0.3, 0.4) is 0 Å². The lowest BCUT2D eigenvalue weighted by atomic mass is 10.0. The van der Waals surface area contributed by atoms with E-state index in [0.717, 1.165) is 66.0 Å². The molecule has 2 aliphatic heterocycles. The Morgan fingerprint density at radius 2 is 1.98 bits per heavy atom. The predicted molar refractivity (Wildman–Crippen MR) is 182 cm³/mol. The molecule has 1 saturated heterocycles. The van der Waals surface area contributed by atoms with Crippen molar-refractivity contribution in [3.8, 4) is 6.01 Å². The van der Waals surface area contributed by atoms with E-state index in [1.807, 2.05) is 18.2 Å². The number of ether oxygens (including phenoxy) is 2. The molecule has 2 fully saturated rings. The van der Waals surface area contributed by atoms with E-state index in [2.05, 4.69) is 51.4 Å². The maximum atomic E-state index is 13.9. The van der Waals surface area contributed by atoms with Gasteiger partial charge in [0, 0.05) is 68.4 Å². The molecule has 0 spiro atoms.